The van der Waals surface area contributed by atoms with E-state index in [-0.39, 0.29) is 12.2 Å². The lowest BCUT2D eigenvalue weighted by atomic mass is 10.1. The van der Waals surface area contributed by atoms with Gasteiger partial charge in [-0.25, -0.2) is 4.39 Å². The zero-order chi connectivity index (χ0) is 13.0. The van der Waals surface area contributed by atoms with Gasteiger partial charge in [-0.1, -0.05) is 29.7 Å². The van der Waals surface area contributed by atoms with Gasteiger partial charge in [0.15, 0.2) is 5.82 Å². The fraction of sp³-hybridized carbons (Fsp3) is 0.333. The average molecular weight is 270 g/mol. The highest BCUT2D eigenvalue weighted by atomic mass is 35.5. The van der Waals surface area contributed by atoms with Gasteiger partial charge in [0, 0.05) is 17.0 Å². The third kappa shape index (κ3) is 3.05. The second-order valence-electron chi connectivity index (χ2n) is 3.76. The molecule has 0 aliphatic rings. The molecule has 0 aliphatic heterocycles. The first kappa shape index (κ1) is 13.0. The molecule has 1 heterocycles. The maximum absolute atomic E-state index is 13.6. The molecule has 4 nitrogen and oxygen atoms in total. The molecule has 18 heavy (non-hydrogen) atoms. The van der Waals surface area contributed by atoms with Gasteiger partial charge in [0.1, 0.15) is 5.82 Å². The van der Waals surface area contributed by atoms with E-state index in [1.54, 1.807) is 12.1 Å². The summed E-state index contributed by atoms with van der Waals surface area (Å²) in [6.45, 7) is 3.31. The maximum Gasteiger partial charge on any atom is 0.240 e. The van der Waals surface area contributed by atoms with Crippen LogP contribution in [0.15, 0.2) is 22.7 Å². The molecular formula is C12H13ClFN3O. The summed E-state index contributed by atoms with van der Waals surface area (Å²) >= 11 is 5.93. The van der Waals surface area contributed by atoms with Crippen LogP contribution in [0.25, 0.3) is 0 Å². The fourth-order valence-electron chi connectivity index (χ4n) is 1.53. The predicted molar refractivity (Wildman–Crippen MR) is 65.9 cm³/mol. The molecule has 1 N–H and O–H groups in total. The average Bonchev–Trinajstić information content (AvgIpc) is 2.79. The van der Waals surface area contributed by atoms with Crippen molar-refractivity contribution in [3.8, 4) is 0 Å². The molecule has 6 heteroatoms. The second-order valence-corrected chi connectivity index (χ2v) is 4.17. The number of rotatable bonds is 5. The van der Waals surface area contributed by atoms with E-state index in [0.29, 0.717) is 28.8 Å². The van der Waals surface area contributed by atoms with Crippen molar-refractivity contribution in [2.45, 2.75) is 19.9 Å². The lowest BCUT2D eigenvalue weighted by Crippen LogP contribution is -2.11. The quantitative estimate of drug-likeness (QED) is 0.906. The van der Waals surface area contributed by atoms with Crippen molar-refractivity contribution in [1.82, 2.24) is 15.5 Å². The molecule has 0 amide bonds. The Bertz CT molecular complexity index is 510. The Labute approximate surface area is 109 Å². The van der Waals surface area contributed by atoms with Crippen molar-refractivity contribution in [2.75, 3.05) is 6.54 Å². The number of nitrogens with one attached hydrogen (secondary N) is 1. The lowest BCUT2D eigenvalue weighted by Gasteiger charge is -2.01. The number of hydrogen-bond acceptors (Lipinski definition) is 4. The van der Waals surface area contributed by atoms with Crippen LogP contribution >= 0.6 is 11.6 Å². The van der Waals surface area contributed by atoms with Gasteiger partial charge in [-0.2, -0.15) is 4.98 Å². The Morgan fingerprint density at radius 1 is 1.44 bits per heavy atom. The van der Waals surface area contributed by atoms with Crippen LogP contribution in [0, 0.1) is 5.82 Å². The van der Waals surface area contributed by atoms with Crippen molar-refractivity contribution in [2.24, 2.45) is 0 Å². The highest BCUT2D eigenvalue weighted by Gasteiger charge is 2.12. The molecule has 0 saturated heterocycles. The van der Waals surface area contributed by atoms with Gasteiger partial charge in [-0.05, 0) is 18.7 Å². The van der Waals surface area contributed by atoms with Crippen molar-refractivity contribution in [1.29, 1.82) is 0 Å². The minimum absolute atomic E-state index is 0.223. The van der Waals surface area contributed by atoms with Gasteiger partial charge in [0.2, 0.25) is 5.89 Å². The van der Waals surface area contributed by atoms with Crippen LogP contribution in [0.2, 0.25) is 5.02 Å². The third-order valence-corrected chi connectivity index (χ3v) is 2.79. The summed E-state index contributed by atoms with van der Waals surface area (Å²) in [6.07, 6.45) is 0.223. The molecule has 96 valence electrons. The third-order valence-electron chi connectivity index (χ3n) is 2.43. The largest absolute Gasteiger partial charge is 0.338 e. The van der Waals surface area contributed by atoms with Crippen LogP contribution in [0.1, 0.15) is 24.2 Å². The van der Waals surface area contributed by atoms with E-state index >= 15 is 0 Å². The van der Waals surface area contributed by atoms with E-state index in [1.165, 1.54) is 6.07 Å². The summed E-state index contributed by atoms with van der Waals surface area (Å²) in [7, 11) is 0. The normalized spacial score (nSPS) is 10.8. The van der Waals surface area contributed by atoms with Gasteiger partial charge >= 0.3 is 0 Å². The topological polar surface area (TPSA) is 51.0 Å². The number of hydrogen-bond donors (Lipinski definition) is 1. The van der Waals surface area contributed by atoms with Crippen LogP contribution in [-0.4, -0.2) is 16.7 Å². The first-order valence-electron chi connectivity index (χ1n) is 5.65. The van der Waals surface area contributed by atoms with E-state index < -0.39 is 0 Å². The van der Waals surface area contributed by atoms with E-state index in [1.807, 2.05) is 6.92 Å². The van der Waals surface area contributed by atoms with Gasteiger partial charge < -0.3 is 9.84 Å². The summed E-state index contributed by atoms with van der Waals surface area (Å²) in [6, 6.07) is 4.56. The molecule has 0 spiro atoms. The number of halogens is 2. The first-order valence-corrected chi connectivity index (χ1v) is 6.03. The van der Waals surface area contributed by atoms with Gasteiger partial charge in [0.25, 0.3) is 0 Å². The Hall–Kier alpha value is -1.46. The number of aromatic nitrogens is 2. The van der Waals surface area contributed by atoms with Gasteiger partial charge in [-0.3, -0.25) is 0 Å². The molecule has 0 fully saturated rings. The van der Waals surface area contributed by atoms with E-state index in [2.05, 4.69) is 15.5 Å². The van der Waals surface area contributed by atoms with Gasteiger partial charge in [-0.15, -0.1) is 0 Å². The van der Waals surface area contributed by atoms with Crippen molar-refractivity contribution in [3.05, 3.63) is 46.3 Å². The monoisotopic (exact) mass is 269 g/mol. The molecule has 0 aliphatic carbocycles. The van der Waals surface area contributed by atoms with Crippen molar-refractivity contribution in [3.63, 3.8) is 0 Å². The highest BCUT2D eigenvalue weighted by molar-refractivity contribution is 6.31. The van der Waals surface area contributed by atoms with E-state index in [0.717, 1.165) is 6.54 Å². The zero-order valence-corrected chi connectivity index (χ0v) is 10.7. The molecule has 2 aromatic rings. The predicted octanol–water partition coefficient (Wildman–Crippen LogP) is 2.56. The van der Waals surface area contributed by atoms with E-state index in [9.17, 15) is 4.39 Å². The molecule has 0 atom stereocenters. The molecular weight excluding hydrogens is 257 g/mol. The summed E-state index contributed by atoms with van der Waals surface area (Å²) < 4.78 is 18.6. The molecule has 0 radical (unpaired) electrons. The molecule has 2 rings (SSSR count). The zero-order valence-electron chi connectivity index (χ0n) is 9.91. The minimum atomic E-state index is -0.361. The maximum atomic E-state index is 13.6. The number of nitrogens with zero attached hydrogens (tertiary/aromatic N) is 2. The highest BCUT2D eigenvalue weighted by Crippen LogP contribution is 2.21. The Balaban J connectivity index is 2.11. The first-order chi connectivity index (χ1) is 8.70. The molecule has 0 unspecified atom stereocenters. The van der Waals surface area contributed by atoms with Crippen molar-refractivity contribution >= 4 is 11.6 Å². The fourth-order valence-corrected chi connectivity index (χ4v) is 1.75. The van der Waals surface area contributed by atoms with Crippen LogP contribution in [0.5, 0.6) is 0 Å². The summed E-state index contributed by atoms with van der Waals surface area (Å²) in [5.41, 5.74) is 0.384. The Kier molecular flexibility index (Phi) is 4.28. The molecule has 1 aromatic heterocycles. The number of benzene rings is 1. The molecule has 1 aromatic carbocycles. The van der Waals surface area contributed by atoms with Crippen LogP contribution in [-0.2, 0) is 13.0 Å². The Morgan fingerprint density at radius 2 is 2.28 bits per heavy atom. The smallest absolute Gasteiger partial charge is 0.240 e. The summed E-state index contributed by atoms with van der Waals surface area (Å²) in [4.78, 5) is 4.16. The van der Waals surface area contributed by atoms with E-state index in [4.69, 9.17) is 16.1 Å². The van der Waals surface area contributed by atoms with Crippen molar-refractivity contribution < 1.29 is 8.91 Å². The standard InChI is InChI=1S/C12H13ClFN3O/c1-2-15-7-12-16-11(17-18-12)6-8-9(13)4-3-5-10(8)14/h3-5,15H,2,6-7H2,1H3. The molecule has 0 saturated carbocycles. The van der Waals surface area contributed by atoms with Crippen LogP contribution in [0.4, 0.5) is 4.39 Å². The minimum Gasteiger partial charge on any atom is -0.338 e. The van der Waals surface area contributed by atoms with Gasteiger partial charge in [0.05, 0.1) is 6.54 Å². The Morgan fingerprint density at radius 3 is 3.00 bits per heavy atom. The van der Waals surface area contributed by atoms with Crippen LogP contribution in [0.3, 0.4) is 0 Å². The lowest BCUT2D eigenvalue weighted by molar-refractivity contribution is 0.364. The molecule has 0 bridgehead atoms. The van der Waals surface area contributed by atoms with Crippen LogP contribution < -0.4 is 5.32 Å². The summed E-state index contributed by atoms with van der Waals surface area (Å²) in [5.74, 6) is 0.551. The second kappa shape index (κ2) is 5.93. The SMILES string of the molecule is CCNCc1nc(Cc2c(F)cccc2Cl)no1. The summed E-state index contributed by atoms with van der Waals surface area (Å²) in [5, 5.41) is 7.23.